The molecule has 1 saturated heterocycles. The maximum absolute atomic E-state index is 9.04. The van der Waals surface area contributed by atoms with Crippen LogP contribution in [-0.2, 0) is 0 Å². The zero-order chi connectivity index (χ0) is 14.7. The summed E-state index contributed by atoms with van der Waals surface area (Å²) in [5, 5.41) is 12.3. The molecule has 1 unspecified atom stereocenters. The van der Waals surface area contributed by atoms with E-state index in [0.29, 0.717) is 0 Å². The first-order valence-electron chi connectivity index (χ1n) is 7.35. The largest absolute Gasteiger partial charge is 0.369 e. The highest BCUT2D eigenvalue weighted by atomic mass is 15.2. The lowest BCUT2D eigenvalue weighted by molar-refractivity contribution is 0.313. The van der Waals surface area contributed by atoms with Crippen molar-refractivity contribution in [2.45, 2.75) is 6.04 Å². The molecule has 1 atom stereocenters. The normalized spacial score (nSPS) is 22.4. The van der Waals surface area contributed by atoms with Crippen molar-refractivity contribution in [3.8, 4) is 6.07 Å². The second-order valence-electron chi connectivity index (χ2n) is 5.56. The van der Waals surface area contributed by atoms with E-state index in [1.165, 1.54) is 5.69 Å². The molecular formula is C17H20N4. The molecule has 2 aliphatic rings. The first kappa shape index (κ1) is 13.7. The average molecular weight is 280 g/mol. The Hall–Kier alpha value is -2.25. The number of hydrogen-bond donors (Lipinski definition) is 1. The quantitative estimate of drug-likeness (QED) is 0.897. The van der Waals surface area contributed by atoms with Crippen LogP contribution in [0.1, 0.15) is 5.56 Å². The van der Waals surface area contributed by atoms with Gasteiger partial charge in [0, 0.05) is 37.6 Å². The lowest BCUT2D eigenvalue weighted by Gasteiger charge is -2.34. The van der Waals surface area contributed by atoms with Crippen molar-refractivity contribution >= 4 is 11.4 Å². The van der Waals surface area contributed by atoms with Gasteiger partial charge in [0.1, 0.15) is 6.04 Å². The molecule has 0 spiro atoms. The summed E-state index contributed by atoms with van der Waals surface area (Å²) in [7, 11) is 2.17. The molecule has 1 aromatic rings. The smallest absolute Gasteiger partial charge is 0.133 e. The second-order valence-corrected chi connectivity index (χ2v) is 5.56. The fraction of sp³-hybridized carbons (Fsp3) is 0.353. The molecule has 3 rings (SSSR count). The van der Waals surface area contributed by atoms with Crippen LogP contribution in [0.5, 0.6) is 0 Å². The highest BCUT2D eigenvalue weighted by Crippen LogP contribution is 2.23. The molecule has 0 bridgehead atoms. The van der Waals surface area contributed by atoms with Gasteiger partial charge in [0.25, 0.3) is 0 Å². The summed E-state index contributed by atoms with van der Waals surface area (Å²) >= 11 is 0. The standard InChI is InChI=1S/C17H20N4/c1-20-8-10-21(11-9-20)16-6-2-4-14(12-16)17-7-3-5-15(13-18)19-17/h2-7,12,15,19H,8-11H2,1H3. The monoisotopic (exact) mass is 280 g/mol. The predicted octanol–water partition coefficient (Wildman–Crippen LogP) is 1.83. The van der Waals surface area contributed by atoms with Crippen molar-refractivity contribution in [2.75, 3.05) is 38.1 Å². The first-order chi connectivity index (χ1) is 10.3. The number of likely N-dealkylation sites (N-methyl/N-ethyl adjacent to an activating group) is 1. The summed E-state index contributed by atoms with van der Waals surface area (Å²) in [6, 6.07) is 10.5. The SMILES string of the molecule is CN1CCN(c2cccc(C3=CC=CC(C#N)N3)c2)CC1. The zero-order valence-corrected chi connectivity index (χ0v) is 12.3. The third kappa shape index (κ3) is 3.09. The van der Waals surface area contributed by atoms with Gasteiger partial charge in [-0.2, -0.15) is 5.26 Å². The van der Waals surface area contributed by atoms with E-state index in [0.717, 1.165) is 37.4 Å². The van der Waals surface area contributed by atoms with Crippen molar-refractivity contribution in [1.29, 1.82) is 5.26 Å². The van der Waals surface area contributed by atoms with Crippen LogP contribution >= 0.6 is 0 Å². The molecule has 108 valence electrons. The third-order valence-electron chi connectivity index (χ3n) is 4.04. The van der Waals surface area contributed by atoms with Gasteiger partial charge < -0.3 is 15.1 Å². The maximum atomic E-state index is 9.04. The van der Waals surface area contributed by atoms with E-state index in [1.807, 2.05) is 18.2 Å². The average Bonchev–Trinajstić information content (AvgIpc) is 2.56. The molecule has 0 radical (unpaired) electrons. The number of nitriles is 1. The molecule has 1 N–H and O–H groups in total. The van der Waals surface area contributed by atoms with E-state index in [2.05, 4.69) is 52.5 Å². The third-order valence-corrected chi connectivity index (χ3v) is 4.04. The van der Waals surface area contributed by atoms with E-state index >= 15 is 0 Å². The van der Waals surface area contributed by atoms with E-state index < -0.39 is 0 Å². The minimum Gasteiger partial charge on any atom is -0.369 e. The van der Waals surface area contributed by atoms with Gasteiger partial charge in [0.2, 0.25) is 0 Å². The first-order valence-corrected chi connectivity index (χ1v) is 7.35. The number of nitrogens with one attached hydrogen (secondary N) is 1. The molecule has 1 fully saturated rings. The van der Waals surface area contributed by atoms with Gasteiger partial charge in [-0.25, -0.2) is 0 Å². The highest BCUT2D eigenvalue weighted by Gasteiger charge is 2.16. The van der Waals surface area contributed by atoms with Gasteiger partial charge in [0.05, 0.1) is 6.07 Å². The zero-order valence-electron chi connectivity index (χ0n) is 12.3. The molecule has 0 amide bonds. The Morgan fingerprint density at radius 3 is 2.81 bits per heavy atom. The van der Waals surface area contributed by atoms with Crippen LogP contribution in [-0.4, -0.2) is 44.2 Å². The van der Waals surface area contributed by atoms with Gasteiger partial charge in [-0.1, -0.05) is 18.2 Å². The number of anilines is 1. The Balaban J connectivity index is 1.79. The van der Waals surface area contributed by atoms with Crippen LogP contribution in [0, 0.1) is 11.3 Å². The Kier molecular flexibility index (Phi) is 3.94. The van der Waals surface area contributed by atoms with Crippen molar-refractivity contribution < 1.29 is 0 Å². The van der Waals surface area contributed by atoms with Gasteiger partial charge in [-0.3, -0.25) is 0 Å². The highest BCUT2D eigenvalue weighted by molar-refractivity contribution is 5.70. The summed E-state index contributed by atoms with van der Waals surface area (Å²) in [6.07, 6.45) is 5.84. The van der Waals surface area contributed by atoms with Crippen molar-refractivity contribution in [1.82, 2.24) is 10.2 Å². The topological polar surface area (TPSA) is 42.3 Å². The van der Waals surface area contributed by atoms with Gasteiger partial charge in [-0.15, -0.1) is 0 Å². The van der Waals surface area contributed by atoms with Crippen LogP contribution in [0.15, 0.2) is 42.5 Å². The number of allylic oxidation sites excluding steroid dienone is 2. The van der Waals surface area contributed by atoms with Crippen molar-refractivity contribution in [3.05, 3.63) is 48.1 Å². The number of piperazine rings is 1. The molecular weight excluding hydrogens is 260 g/mol. The fourth-order valence-electron chi connectivity index (χ4n) is 2.72. The summed E-state index contributed by atoms with van der Waals surface area (Å²) in [5.74, 6) is 0. The Morgan fingerprint density at radius 2 is 2.05 bits per heavy atom. The van der Waals surface area contributed by atoms with Gasteiger partial charge in [0.15, 0.2) is 0 Å². The van der Waals surface area contributed by atoms with Crippen LogP contribution in [0.25, 0.3) is 5.70 Å². The minimum absolute atomic E-state index is 0.239. The Morgan fingerprint density at radius 1 is 1.24 bits per heavy atom. The lowest BCUT2D eigenvalue weighted by Crippen LogP contribution is -2.44. The van der Waals surface area contributed by atoms with Crippen LogP contribution in [0.3, 0.4) is 0 Å². The van der Waals surface area contributed by atoms with Gasteiger partial charge >= 0.3 is 0 Å². The second kappa shape index (κ2) is 6.02. The van der Waals surface area contributed by atoms with Gasteiger partial charge in [-0.05, 0) is 36.9 Å². The number of benzene rings is 1. The Bertz CT molecular complexity index is 603. The number of nitrogens with zero attached hydrogens (tertiary/aromatic N) is 3. The fourth-order valence-corrected chi connectivity index (χ4v) is 2.72. The summed E-state index contributed by atoms with van der Waals surface area (Å²) in [4.78, 5) is 4.78. The number of hydrogen-bond acceptors (Lipinski definition) is 4. The van der Waals surface area contributed by atoms with E-state index in [4.69, 9.17) is 5.26 Å². The summed E-state index contributed by atoms with van der Waals surface area (Å²) in [6.45, 7) is 4.33. The molecule has 0 aliphatic carbocycles. The Labute approximate surface area is 126 Å². The minimum atomic E-state index is -0.239. The number of dihydropyridines is 1. The van der Waals surface area contributed by atoms with Crippen molar-refractivity contribution in [3.63, 3.8) is 0 Å². The maximum Gasteiger partial charge on any atom is 0.133 e. The van der Waals surface area contributed by atoms with E-state index in [1.54, 1.807) is 0 Å². The molecule has 21 heavy (non-hydrogen) atoms. The molecule has 1 aromatic carbocycles. The predicted molar refractivity (Wildman–Crippen MR) is 85.8 cm³/mol. The molecule has 0 saturated carbocycles. The molecule has 4 heteroatoms. The van der Waals surface area contributed by atoms with Crippen LogP contribution < -0.4 is 10.2 Å². The molecule has 4 nitrogen and oxygen atoms in total. The molecule has 2 heterocycles. The number of rotatable bonds is 2. The van der Waals surface area contributed by atoms with Crippen LogP contribution in [0.2, 0.25) is 0 Å². The van der Waals surface area contributed by atoms with E-state index in [9.17, 15) is 0 Å². The van der Waals surface area contributed by atoms with Crippen molar-refractivity contribution in [2.24, 2.45) is 0 Å². The van der Waals surface area contributed by atoms with E-state index in [-0.39, 0.29) is 6.04 Å². The summed E-state index contributed by atoms with van der Waals surface area (Å²) in [5.41, 5.74) is 3.41. The molecule has 2 aliphatic heterocycles. The summed E-state index contributed by atoms with van der Waals surface area (Å²) < 4.78 is 0. The molecule has 0 aromatic heterocycles. The van der Waals surface area contributed by atoms with Crippen LogP contribution in [0.4, 0.5) is 5.69 Å². The lowest BCUT2D eigenvalue weighted by atomic mass is 10.1.